The van der Waals surface area contributed by atoms with Gasteiger partial charge in [-0.15, -0.1) is 0 Å². The molecule has 134 valence electrons. The molecule has 0 radical (unpaired) electrons. The van der Waals surface area contributed by atoms with Crippen LogP contribution < -0.4 is 10.1 Å². The van der Waals surface area contributed by atoms with E-state index in [4.69, 9.17) is 9.47 Å². The second kappa shape index (κ2) is 5.65. The van der Waals surface area contributed by atoms with Crippen LogP contribution in [0.25, 0.3) is 0 Å². The third-order valence-electron chi connectivity index (χ3n) is 4.09. The van der Waals surface area contributed by atoms with Crippen molar-refractivity contribution in [2.75, 3.05) is 11.9 Å². The van der Waals surface area contributed by atoms with E-state index in [1.54, 1.807) is 45.0 Å². The molecule has 3 rings (SSSR count). The summed E-state index contributed by atoms with van der Waals surface area (Å²) >= 11 is 0. The van der Waals surface area contributed by atoms with Crippen LogP contribution in [0.2, 0.25) is 0 Å². The molecule has 1 fully saturated rings. The molecule has 8 heteroatoms. The molecule has 1 aromatic carbocycles. The SMILES string of the molecule is CC(C)(C)OC(=O)N1CC2(C[C@H]1C(=O)O)Oc1ccccc1NC2=O. The van der Waals surface area contributed by atoms with Crippen LogP contribution in [0, 0.1) is 0 Å². The number of anilines is 1. The largest absolute Gasteiger partial charge is 0.480 e. The Labute approximate surface area is 144 Å². The van der Waals surface area contributed by atoms with E-state index in [0.717, 1.165) is 4.90 Å². The highest BCUT2D eigenvalue weighted by Crippen LogP contribution is 2.40. The molecule has 1 unspecified atom stereocenters. The molecule has 0 saturated carbocycles. The molecule has 2 amide bonds. The van der Waals surface area contributed by atoms with Gasteiger partial charge >= 0.3 is 12.1 Å². The summed E-state index contributed by atoms with van der Waals surface area (Å²) in [6.07, 6.45) is -0.936. The van der Waals surface area contributed by atoms with Gasteiger partial charge in [-0.1, -0.05) is 12.1 Å². The van der Waals surface area contributed by atoms with Crippen molar-refractivity contribution in [2.24, 2.45) is 0 Å². The Hall–Kier alpha value is -2.77. The highest BCUT2D eigenvalue weighted by molar-refractivity contribution is 6.02. The molecule has 1 saturated heterocycles. The molecule has 2 heterocycles. The molecule has 0 aliphatic carbocycles. The van der Waals surface area contributed by atoms with Gasteiger partial charge in [0.05, 0.1) is 12.2 Å². The Balaban J connectivity index is 1.91. The normalized spacial score (nSPS) is 25.2. The summed E-state index contributed by atoms with van der Waals surface area (Å²) < 4.78 is 11.1. The summed E-state index contributed by atoms with van der Waals surface area (Å²) in [5, 5.41) is 12.2. The maximum Gasteiger partial charge on any atom is 0.411 e. The summed E-state index contributed by atoms with van der Waals surface area (Å²) in [5.74, 6) is -1.24. The molecule has 1 spiro atoms. The first-order valence-electron chi connectivity index (χ1n) is 7.93. The number of amides is 2. The van der Waals surface area contributed by atoms with E-state index in [2.05, 4.69) is 5.32 Å². The predicted molar refractivity (Wildman–Crippen MR) is 87.4 cm³/mol. The zero-order valence-electron chi connectivity index (χ0n) is 14.2. The number of likely N-dealkylation sites (tertiary alicyclic amines) is 1. The number of aliphatic carboxylic acids is 1. The average molecular weight is 348 g/mol. The molecule has 1 aromatic rings. The minimum absolute atomic E-state index is 0.151. The van der Waals surface area contributed by atoms with E-state index in [1.807, 2.05) is 0 Å². The molecule has 0 aromatic heterocycles. The molecule has 2 atom stereocenters. The van der Waals surface area contributed by atoms with Crippen molar-refractivity contribution in [1.29, 1.82) is 0 Å². The monoisotopic (exact) mass is 348 g/mol. The highest BCUT2D eigenvalue weighted by atomic mass is 16.6. The van der Waals surface area contributed by atoms with Gasteiger partial charge in [-0.3, -0.25) is 9.69 Å². The van der Waals surface area contributed by atoms with Gasteiger partial charge in [0.1, 0.15) is 17.4 Å². The molecule has 2 N–H and O–H groups in total. The quantitative estimate of drug-likeness (QED) is 0.802. The van der Waals surface area contributed by atoms with Crippen LogP contribution in [0.5, 0.6) is 5.75 Å². The number of nitrogens with one attached hydrogen (secondary N) is 1. The Bertz CT molecular complexity index is 741. The molecule has 0 bridgehead atoms. The standard InChI is InChI=1S/C17H20N2O6/c1-16(2,3)25-15(23)19-9-17(8-11(19)13(20)21)14(22)18-10-6-4-5-7-12(10)24-17/h4-7,11H,8-9H2,1-3H3,(H,18,22)(H,20,21)/t11-,17?/m0/s1. The van der Waals surface area contributed by atoms with Crippen LogP contribution in [-0.2, 0) is 14.3 Å². The number of nitrogens with zero attached hydrogens (tertiary/aromatic N) is 1. The van der Waals surface area contributed by atoms with E-state index in [9.17, 15) is 19.5 Å². The first kappa shape index (κ1) is 17.1. The second-order valence-electron chi connectivity index (χ2n) is 7.21. The molecule has 2 aliphatic heterocycles. The fourth-order valence-electron chi connectivity index (χ4n) is 3.00. The van der Waals surface area contributed by atoms with Crippen molar-refractivity contribution in [2.45, 2.75) is 44.4 Å². The molecular weight excluding hydrogens is 328 g/mol. The van der Waals surface area contributed by atoms with E-state index >= 15 is 0 Å². The van der Waals surface area contributed by atoms with Gasteiger partial charge in [0.15, 0.2) is 0 Å². The fourth-order valence-corrected chi connectivity index (χ4v) is 3.00. The number of ether oxygens (including phenoxy) is 2. The van der Waals surface area contributed by atoms with Crippen molar-refractivity contribution < 1.29 is 29.0 Å². The van der Waals surface area contributed by atoms with Gasteiger partial charge in [0.2, 0.25) is 5.60 Å². The first-order chi connectivity index (χ1) is 11.6. The van der Waals surface area contributed by atoms with Gasteiger partial charge in [-0.05, 0) is 32.9 Å². The summed E-state index contributed by atoms with van der Waals surface area (Å²) in [4.78, 5) is 37.7. The average Bonchev–Trinajstić information content (AvgIpc) is 2.88. The van der Waals surface area contributed by atoms with Crippen molar-refractivity contribution >= 4 is 23.7 Å². The molecular formula is C17H20N2O6. The smallest absolute Gasteiger partial charge is 0.411 e. The van der Waals surface area contributed by atoms with E-state index in [1.165, 1.54) is 0 Å². The number of carboxylic acid groups (broad SMARTS) is 1. The van der Waals surface area contributed by atoms with E-state index in [-0.39, 0.29) is 13.0 Å². The number of rotatable bonds is 1. The first-order valence-corrected chi connectivity index (χ1v) is 7.93. The molecule has 25 heavy (non-hydrogen) atoms. The maximum atomic E-state index is 12.6. The van der Waals surface area contributed by atoms with Crippen LogP contribution in [0.1, 0.15) is 27.2 Å². The van der Waals surface area contributed by atoms with Gasteiger partial charge in [-0.2, -0.15) is 0 Å². The van der Waals surface area contributed by atoms with Gasteiger partial charge in [-0.25, -0.2) is 9.59 Å². The van der Waals surface area contributed by atoms with E-state index in [0.29, 0.717) is 11.4 Å². The minimum atomic E-state index is -1.45. The van der Waals surface area contributed by atoms with Crippen LogP contribution >= 0.6 is 0 Å². The maximum absolute atomic E-state index is 12.6. The third-order valence-corrected chi connectivity index (χ3v) is 4.09. The molecule has 8 nitrogen and oxygen atoms in total. The van der Waals surface area contributed by atoms with Crippen molar-refractivity contribution in [1.82, 2.24) is 4.90 Å². The van der Waals surface area contributed by atoms with Crippen LogP contribution in [0.4, 0.5) is 10.5 Å². The second-order valence-corrected chi connectivity index (χ2v) is 7.21. The van der Waals surface area contributed by atoms with Crippen LogP contribution in [0.3, 0.4) is 0 Å². The van der Waals surface area contributed by atoms with Crippen molar-refractivity contribution in [3.8, 4) is 5.75 Å². The zero-order chi connectivity index (χ0) is 18.4. The Morgan fingerprint density at radius 3 is 2.68 bits per heavy atom. The highest BCUT2D eigenvalue weighted by Gasteiger charge is 2.57. The number of fused-ring (bicyclic) bond motifs is 1. The number of para-hydroxylation sites is 2. The Morgan fingerprint density at radius 2 is 2.04 bits per heavy atom. The lowest BCUT2D eigenvalue weighted by Gasteiger charge is -2.34. The minimum Gasteiger partial charge on any atom is -0.480 e. The summed E-state index contributed by atoms with van der Waals surface area (Å²) in [6, 6.07) is 5.67. The summed E-state index contributed by atoms with van der Waals surface area (Å²) in [7, 11) is 0. The molecule has 2 aliphatic rings. The summed E-state index contributed by atoms with van der Waals surface area (Å²) in [6.45, 7) is 4.87. The number of benzene rings is 1. The number of hydrogen-bond acceptors (Lipinski definition) is 5. The predicted octanol–water partition coefficient (Wildman–Crippen LogP) is 1.85. The Kier molecular flexibility index (Phi) is 3.85. The Morgan fingerprint density at radius 1 is 1.36 bits per heavy atom. The third kappa shape index (κ3) is 3.11. The van der Waals surface area contributed by atoms with Crippen LogP contribution in [0.15, 0.2) is 24.3 Å². The van der Waals surface area contributed by atoms with Crippen molar-refractivity contribution in [3.63, 3.8) is 0 Å². The number of hydrogen-bond donors (Lipinski definition) is 2. The van der Waals surface area contributed by atoms with Crippen LogP contribution in [-0.4, -0.2) is 51.8 Å². The number of carbonyl (C=O) groups is 3. The number of carbonyl (C=O) groups excluding carboxylic acids is 2. The fraction of sp³-hybridized carbons (Fsp3) is 0.471. The zero-order valence-corrected chi connectivity index (χ0v) is 14.2. The lowest BCUT2D eigenvalue weighted by Crippen LogP contribution is -2.53. The van der Waals surface area contributed by atoms with Gasteiger partial charge in [0.25, 0.3) is 5.91 Å². The lowest BCUT2D eigenvalue weighted by molar-refractivity contribution is -0.142. The van der Waals surface area contributed by atoms with Gasteiger partial charge < -0.3 is 19.9 Å². The topological polar surface area (TPSA) is 105 Å². The van der Waals surface area contributed by atoms with Crippen molar-refractivity contribution in [3.05, 3.63) is 24.3 Å². The summed E-state index contributed by atoms with van der Waals surface area (Å²) in [5.41, 5.74) is -1.72. The van der Waals surface area contributed by atoms with E-state index < -0.39 is 35.2 Å². The number of carboxylic acids is 1. The van der Waals surface area contributed by atoms with Gasteiger partial charge in [0, 0.05) is 6.42 Å². The lowest BCUT2D eigenvalue weighted by atomic mass is 9.96.